The number of ether oxygens (including phenoxy) is 1. The zero-order chi connectivity index (χ0) is 14.5. The molecule has 2 N–H and O–H groups in total. The first-order valence-corrected chi connectivity index (χ1v) is 7.00. The third kappa shape index (κ3) is 3.32. The predicted octanol–water partition coefficient (Wildman–Crippen LogP) is 1.94. The van der Waals surface area contributed by atoms with Gasteiger partial charge in [-0.05, 0) is 36.9 Å². The molecular formula is C16H23NO3. The van der Waals surface area contributed by atoms with Crippen LogP contribution in [0, 0.1) is 5.92 Å². The number of methoxy groups -OCH3 is 1. The molecule has 0 aliphatic carbocycles. The van der Waals surface area contributed by atoms with E-state index in [2.05, 4.69) is 11.5 Å². The van der Waals surface area contributed by atoms with E-state index in [0.717, 1.165) is 37.2 Å². The average molecular weight is 277 g/mol. The highest BCUT2D eigenvalue weighted by Gasteiger charge is 2.22. The van der Waals surface area contributed by atoms with Crippen LogP contribution in [0.25, 0.3) is 0 Å². The first-order valence-electron chi connectivity index (χ1n) is 7.00. The van der Waals surface area contributed by atoms with Crippen molar-refractivity contribution in [3.05, 3.63) is 35.9 Å². The van der Waals surface area contributed by atoms with Crippen LogP contribution in [-0.2, 0) is 13.0 Å². The Labute approximate surface area is 120 Å². The van der Waals surface area contributed by atoms with Crippen molar-refractivity contribution >= 4 is 0 Å². The second kappa shape index (κ2) is 6.77. The Bertz CT molecular complexity index is 473. The quantitative estimate of drug-likeness (QED) is 0.780. The predicted molar refractivity (Wildman–Crippen MR) is 79.0 cm³/mol. The van der Waals surface area contributed by atoms with Crippen molar-refractivity contribution in [3.8, 4) is 11.5 Å². The maximum Gasteiger partial charge on any atom is 0.161 e. The summed E-state index contributed by atoms with van der Waals surface area (Å²) in [5.74, 6) is 1.10. The van der Waals surface area contributed by atoms with Gasteiger partial charge in [-0.2, -0.15) is 0 Å². The van der Waals surface area contributed by atoms with Crippen LogP contribution in [0.3, 0.4) is 0 Å². The molecule has 1 aliphatic heterocycles. The lowest BCUT2D eigenvalue weighted by atomic mass is 10.1. The minimum atomic E-state index is 0.200. The standard InChI is InChI=1S/C16H23NO3/c1-3-4-14-7-13(8-15(20-2)16(14)19)10-17-6-5-12(9-17)11-18/h3,7-8,12,18-19H,1,4-6,9-11H2,2H3. The molecule has 1 aliphatic rings. The van der Waals surface area contributed by atoms with Gasteiger partial charge < -0.3 is 14.9 Å². The van der Waals surface area contributed by atoms with Gasteiger partial charge in [0.25, 0.3) is 0 Å². The Hall–Kier alpha value is -1.52. The summed E-state index contributed by atoms with van der Waals surface area (Å²) in [5, 5.41) is 19.3. The van der Waals surface area contributed by atoms with Crippen molar-refractivity contribution in [3.63, 3.8) is 0 Å². The monoisotopic (exact) mass is 277 g/mol. The summed E-state index contributed by atoms with van der Waals surface area (Å²) in [6.45, 7) is 6.73. The number of benzene rings is 1. The first-order chi connectivity index (χ1) is 9.67. The molecule has 110 valence electrons. The first kappa shape index (κ1) is 14.9. The van der Waals surface area contributed by atoms with Gasteiger partial charge in [0.2, 0.25) is 0 Å². The van der Waals surface area contributed by atoms with Crippen molar-refractivity contribution in [2.45, 2.75) is 19.4 Å². The van der Waals surface area contributed by atoms with Crippen LogP contribution in [0.1, 0.15) is 17.5 Å². The number of allylic oxidation sites excluding steroid dienone is 1. The molecule has 0 radical (unpaired) electrons. The molecule has 1 heterocycles. The van der Waals surface area contributed by atoms with Crippen LogP contribution in [-0.4, -0.2) is 41.9 Å². The SMILES string of the molecule is C=CCc1cc(CN2CCC(CO)C2)cc(OC)c1O. The van der Waals surface area contributed by atoms with E-state index in [4.69, 9.17) is 4.74 Å². The smallest absolute Gasteiger partial charge is 0.161 e. The summed E-state index contributed by atoms with van der Waals surface area (Å²) in [4.78, 5) is 2.32. The highest BCUT2D eigenvalue weighted by Crippen LogP contribution is 2.33. The van der Waals surface area contributed by atoms with E-state index in [9.17, 15) is 10.2 Å². The van der Waals surface area contributed by atoms with Crippen molar-refractivity contribution in [1.29, 1.82) is 0 Å². The fourth-order valence-electron chi connectivity index (χ4n) is 2.75. The highest BCUT2D eigenvalue weighted by molar-refractivity contribution is 5.49. The molecule has 2 rings (SSSR count). The Morgan fingerprint density at radius 3 is 2.90 bits per heavy atom. The molecule has 0 spiro atoms. The third-order valence-electron chi connectivity index (χ3n) is 3.83. The van der Waals surface area contributed by atoms with Crippen LogP contribution in [0.15, 0.2) is 24.8 Å². The van der Waals surface area contributed by atoms with E-state index in [1.165, 1.54) is 0 Å². The van der Waals surface area contributed by atoms with Gasteiger partial charge in [0.05, 0.1) is 7.11 Å². The Balaban J connectivity index is 2.15. The Morgan fingerprint density at radius 2 is 2.30 bits per heavy atom. The van der Waals surface area contributed by atoms with Gasteiger partial charge in [0.1, 0.15) is 0 Å². The van der Waals surface area contributed by atoms with E-state index in [1.54, 1.807) is 13.2 Å². The van der Waals surface area contributed by atoms with Crippen LogP contribution in [0.5, 0.6) is 11.5 Å². The number of rotatable bonds is 6. The lowest BCUT2D eigenvalue weighted by Crippen LogP contribution is -2.21. The van der Waals surface area contributed by atoms with E-state index >= 15 is 0 Å². The molecule has 1 atom stereocenters. The van der Waals surface area contributed by atoms with Crippen molar-refractivity contribution in [1.82, 2.24) is 4.90 Å². The van der Waals surface area contributed by atoms with Gasteiger partial charge in [-0.3, -0.25) is 4.90 Å². The number of aliphatic hydroxyl groups excluding tert-OH is 1. The molecule has 1 unspecified atom stereocenters. The van der Waals surface area contributed by atoms with E-state index in [-0.39, 0.29) is 12.4 Å². The second-order valence-electron chi connectivity index (χ2n) is 5.37. The van der Waals surface area contributed by atoms with Crippen LogP contribution >= 0.6 is 0 Å². The highest BCUT2D eigenvalue weighted by atomic mass is 16.5. The van der Waals surface area contributed by atoms with E-state index in [0.29, 0.717) is 18.1 Å². The van der Waals surface area contributed by atoms with Gasteiger partial charge >= 0.3 is 0 Å². The van der Waals surface area contributed by atoms with Crippen molar-refractivity contribution in [2.75, 3.05) is 26.8 Å². The number of likely N-dealkylation sites (tertiary alicyclic amines) is 1. The summed E-state index contributed by atoms with van der Waals surface area (Å²) in [7, 11) is 1.56. The number of aromatic hydroxyl groups is 1. The van der Waals surface area contributed by atoms with Crippen LogP contribution in [0.4, 0.5) is 0 Å². The molecule has 0 amide bonds. The number of aliphatic hydroxyl groups is 1. The molecule has 1 saturated heterocycles. The third-order valence-corrected chi connectivity index (χ3v) is 3.83. The fraction of sp³-hybridized carbons (Fsp3) is 0.500. The van der Waals surface area contributed by atoms with Gasteiger partial charge in [0.15, 0.2) is 11.5 Å². The molecular weight excluding hydrogens is 254 g/mol. The van der Waals surface area contributed by atoms with Gasteiger partial charge in [0, 0.05) is 25.3 Å². The summed E-state index contributed by atoms with van der Waals surface area (Å²) < 4.78 is 5.24. The molecule has 0 saturated carbocycles. The number of phenolic OH excluding ortho intramolecular Hbond substituents is 1. The lowest BCUT2D eigenvalue weighted by molar-refractivity contribution is 0.220. The fourth-order valence-corrected chi connectivity index (χ4v) is 2.75. The summed E-state index contributed by atoms with van der Waals surface area (Å²) in [5.41, 5.74) is 1.96. The van der Waals surface area contributed by atoms with Gasteiger partial charge in [-0.25, -0.2) is 0 Å². The number of phenols is 1. The molecule has 4 nitrogen and oxygen atoms in total. The maximum atomic E-state index is 10.1. The molecule has 20 heavy (non-hydrogen) atoms. The Morgan fingerprint density at radius 1 is 1.50 bits per heavy atom. The van der Waals surface area contributed by atoms with Crippen molar-refractivity contribution in [2.24, 2.45) is 5.92 Å². The molecule has 0 aromatic heterocycles. The zero-order valence-corrected chi connectivity index (χ0v) is 12.0. The van der Waals surface area contributed by atoms with Crippen LogP contribution in [0.2, 0.25) is 0 Å². The largest absolute Gasteiger partial charge is 0.504 e. The topological polar surface area (TPSA) is 52.9 Å². The van der Waals surface area contributed by atoms with E-state index in [1.807, 2.05) is 12.1 Å². The van der Waals surface area contributed by atoms with Crippen molar-refractivity contribution < 1.29 is 14.9 Å². The maximum absolute atomic E-state index is 10.1. The zero-order valence-electron chi connectivity index (χ0n) is 12.0. The summed E-state index contributed by atoms with van der Waals surface area (Å²) in [6.07, 6.45) is 3.44. The molecule has 1 aromatic carbocycles. The van der Waals surface area contributed by atoms with E-state index < -0.39 is 0 Å². The second-order valence-corrected chi connectivity index (χ2v) is 5.37. The van der Waals surface area contributed by atoms with Gasteiger partial charge in [-0.15, -0.1) is 6.58 Å². The summed E-state index contributed by atoms with van der Waals surface area (Å²) >= 11 is 0. The number of nitrogens with zero attached hydrogens (tertiary/aromatic N) is 1. The normalized spacial score (nSPS) is 19.2. The molecule has 1 aromatic rings. The van der Waals surface area contributed by atoms with Crippen LogP contribution < -0.4 is 4.74 Å². The molecule has 1 fully saturated rings. The minimum Gasteiger partial charge on any atom is -0.504 e. The minimum absolute atomic E-state index is 0.200. The molecule has 0 bridgehead atoms. The number of hydrogen-bond acceptors (Lipinski definition) is 4. The number of hydrogen-bond donors (Lipinski definition) is 2. The lowest BCUT2D eigenvalue weighted by Gasteiger charge is -2.18. The summed E-state index contributed by atoms with van der Waals surface area (Å²) in [6, 6.07) is 3.89. The van der Waals surface area contributed by atoms with Gasteiger partial charge in [-0.1, -0.05) is 12.1 Å². The average Bonchev–Trinajstić information content (AvgIpc) is 2.90. The molecule has 4 heteroatoms. The Kier molecular flexibility index (Phi) is 5.04.